The summed E-state index contributed by atoms with van der Waals surface area (Å²) in [6.45, 7) is 3.29. The highest BCUT2D eigenvalue weighted by atomic mass is 16.5. The molecule has 2 aromatic rings. The van der Waals surface area contributed by atoms with E-state index in [0.717, 1.165) is 57.5 Å². The van der Waals surface area contributed by atoms with E-state index in [-0.39, 0.29) is 12.4 Å². The lowest BCUT2D eigenvalue weighted by Crippen LogP contribution is -2.22. The van der Waals surface area contributed by atoms with Crippen molar-refractivity contribution in [3.63, 3.8) is 0 Å². The Morgan fingerprint density at radius 2 is 1.85 bits per heavy atom. The molecule has 1 amide bonds. The first-order valence-electron chi connectivity index (χ1n) is 11.9. The zero-order valence-corrected chi connectivity index (χ0v) is 20.1. The minimum Gasteiger partial charge on any atom is -0.508 e. The minimum atomic E-state index is -0.676. The van der Waals surface area contributed by atoms with Gasteiger partial charge in [0.25, 0.3) is 0 Å². The van der Waals surface area contributed by atoms with E-state index in [1.54, 1.807) is 24.3 Å². The number of rotatable bonds is 17. The lowest BCUT2D eigenvalue weighted by atomic mass is 10.1. The average Bonchev–Trinajstić information content (AvgIpc) is 2.84. The minimum absolute atomic E-state index is 0.0371. The summed E-state index contributed by atoms with van der Waals surface area (Å²) in [5.41, 5.74) is 7.92. The van der Waals surface area contributed by atoms with E-state index >= 15 is 0 Å². The van der Waals surface area contributed by atoms with E-state index in [1.807, 2.05) is 19.2 Å². The molecule has 0 spiro atoms. The Kier molecular flexibility index (Phi) is 12.4. The number of aliphatic hydroxyl groups is 2. The number of amides is 1. The molecule has 0 saturated carbocycles. The monoisotopic (exact) mass is 473 g/mol. The number of ether oxygens (including phenoxy) is 1. The first-order valence-corrected chi connectivity index (χ1v) is 11.9. The topological polar surface area (TPSA) is 128 Å². The van der Waals surface area contributed by atoms with Crippen LogP contribution in [0.5, 0.6) is 5.75 Å². The maximum absolute atomic E-state index is 11.3. The molecule has 2 rings (SSSR count). The maximum Gasteiger partial charge on any atom is 0.248 e. The van der Waals surface area contributed by atoms with Crippen LogP contribution in [0.15, 0.2) is 42.5 Å². The highest BCUT2D eigenvalue weighted by Gasteiger charge is 2.10. The summed E-state index contributed by atoms with van der Waals surface area (Å²) in [6.07, 6.45) is 4.48. The molecule has 0 aliphatic heterocycles. The number of carbonyl (C=O) groups is 1. The molecule has 8 heteroatoms. The molecule has 0 saturated heterocycles. The number of primary amides is 1. The Balaban J connectivity index is 1.45. The molecule has 0 bridgehead atoms. The van der Waals surface area contributed by atoms with Crippen molar-refractivity contribution < 1.29 is 24.9 Å². The molecule has 0 aliphatic carbocycles. The van der Waals surface area contributed by atoms with Crippen molar-refractivity contribution in [2.45, 2.75) is 44.8 Å². The third-order valence-corrected chi connectivity index (χ3v) is 5.74. The van der Waals surface area contributed by atoms with E-state index in [0.29, 0.717) is 29.8 Å². The number of anilines is 1. The third-order valence-electron chi connectivity index (χ3n) is 5.74. The van der Waals surface area contributed by atoms with Crippen LogP contribution in [-0.2, 0) is 11.3 Å². The van der Waals surface area contributed by atoms with Gasteiger partial charge in [-0.15, -0.1) is 0 Å². The number of hydrogen-bond acceptors (Lipinski definition) is 7. The van der Waals surface area contributed by atoms with Gasteiger partial charge in [0, 0.05) is 50.2 Å². The predicted molar refractivity (Wildman–Crippen MR) is 134 cm³/mol. The average molecular weight is 474 g/mol. The molecular weight excluding hydrogens is 434 g/mol. The van der Waals surface area contributed by atoms with Gasteiger partial charge >= 0.3 is 0 Å². The number of phenols is 1. The molecule has 0 aromatic heterocycles. The number of aromatic hydroxyl groups is 1. The lowest BCUT2D eigenvalue weighted by molar-refractivity contribution is 0.1000. The normalized spacial score (nSPS) is 12.0. The fourth-order valence-electron chi connectivity index (χ4n) is 3.64. The molecule has 6 N–H and O–H groups in total. The first kappa shape index (κ1) is 27.6. The zero-order chi connectivity index (χ0) is 24.8. The Morgan fingerprint density at radius 1 is 1.09 bits per heavy atom. The van der Waals surface area contributed by atoms with E-state index in [1.165, 1.54) is 6.07 Å². The smallest absolute Gasteiger partial charge is 0.248 e. The van der Waals surface area contributed by atoms with Crippen molar-refractivity contribution in [3.05, 3.63) is 59.2 Å². The second-order valence-corrected chi connectivity index (χ2v) is 8.48. The van der Waals surface area contributed by atoms with Gasteiger partial charge in [0.05, 0.1) is 12.7 Å². The van der Waals surface area contributed by atoms with Crippen LogP contribution in [0.25, 0.3) is 0 Å². The van der Waals surface area contributed by atoms with Crippen LogP contribution in [0.2, 0.25) is 0 Å². The van der Waals surface area contributed by atoms with Gasteiger partial charge in [-0.2, -0.15) is 0 Å². The van der Waals surface area contributed by atoms with Gasteiger partial charge in [-0.05, 0) is 61.7 Å². The quantitative estimate of drug-likeness (QED) is 0.224. The second-order valence-electron chi connectivity index (χ2n) is 8.48. The number of hydrogen-bond donors (Lipinski definition) is 5. The SMILES string of the molecule is CN(CCCOCCCCCCNC[C@H](O)c1ccc(O)c(CO)c1)c1cccc(C(N)=O)c1. The number of aliphatic hydroxyl groups excluding tert-OH is 2. The van der Waals surface area contributed by atoms with Crippen LogP contribution in [-0.4, -0.2) is 61.1 Å². The van der Waals surface area contributed by atoms with Gasteiger partial charge in [-0.1, -0.05) is 25.0 Å². The number of nitrogens with two attached hydrogens (primary N) is 1. The van der Waals surface area contributed by atoms with E-state index < -0.39 is 12.0 Å². The fraction of sp³-hybridized carbons (Fsp3) is 0.500. The number of nitrogens with zero attached hydrogens (tertiary/aromatic N) is 1. The van der Waals surface area contributed by atoms with Crippen molar-refractivity contribution in [2.24, 2.45) is 5.73 Å². The van der Waals surface area contributed by atoms with Crippen LogP contribution >= 0.6 is 0 Å². The summed E-state index contributed by atoms with van der Waals surface area (Å²) in [5.74, 6) is -0.381. The molecule has 188 valence electrons. The van der Waals surface area contributed by atoms with Crippen LogP contribution in [0.3, 0.4) is 0 Å². The molecular formula is C26H39N3O5. The Hall–Kier alpha value is -2.65. The highest BCUT2D eigenvalue weighted by Crippen LogP contribution is 2.22. The summed E-state index contributed by atoms with van der Waals surface area (Å²) in [5, 5.41) is 32.3. The fourth-order valence-corrected chi connectivity index (χ4v) is 3.64. The number of carbonyl (C=O) groups excluding carboxylic acids is 1. The van der Waals surface area contributed by atoms with Crippen LogP contribution in [0, 0.1) is 0 Å². The summed E-state index contributed by atoms with van der Waals surface area (Å²) < 4.78 is 5.73. The summed E-state index contributed by atoms with van der Waals surface area (Å²) in [4.78, 5) is 13.4. The summed E-state index contributed by atoms with van der Waals surface area (Å²) >= 11 is 0. The summed E-state index contributed by atoms with van der Waals surface area (Å²) in [6, 6.07) is 12.1. The molecule has 0 fully saturated rings. The second kappa shape index (κ2) is 15.3. The molecule has 34 heavy (non-hydrogen) atoms. The molecule has 0 aliphatic rings. The van der Waals surface area contributed by atoms with Gasteiger partial charge < -0.3 is 36.0 Å². The first-order chi connectivity index (χ1) is 16.4. The van der Waals surface area contributed by atoms with Gasteiger partial charge in [-0.25, -0.2) is 0 Å². The summed E-state index contributed by atoms with van der Waals surface area (Å²) in [7, 11) is 1.99. The van der Waals surface area contributed by atoms with Crippen LogP contribution < -0.4 is 16.0 Å². The number of benzene rings is 2. The zero-order valence-electron chi connectivity index (χ0n) is 20.1. The highest BCUT2D eigenvalue weighted by molar-refractivity contribution is 5.93. The largest absolute Gasteiger partial charge is 0.508 e. The Bertz CT molecular complexity index is 877. The molecule has 0 unspecified atom stereocenters. The van der Waals surface area contributed by atoms with Gasteiger partial charge in [0.15, 0.2) is 0 Å². The standard InChI is InChI=1S/C26H39N3O5/c1-29(23-9-6-8-21(17-23)26(27)33)13-7-15-34-14-5-3-2-4-12-28-18-25(32)20-10-11-24(31)22(16-20)19-30/h6,8-11,16-17,25,28,30-32H,2-5,7,12-15,18-19H2,1H3,(H2,27,33)/t25-/m0/s1. The van der Waals surface area contributed by atoms with Crippen LogP contribution in [0.4, 0.5) is 5.69 Å². The molecule has 8 nitrogen and oxygen atoms in total. The van der Waals surface area contributed by atoms with Crippen molar-refractivity contribution in [1.82, 2.24) is 5.32 Å². The van der Waals surface area contributed by atoms with E-state index in [2.05, 4.69) is 10.2 Å². The number of nitrogens with one attached hydrogen (secondary N) is 1. The van der Waals surface area contributed by atoms with Crippen LogP contribution in [0.1, 0.15) is 59.7 Å². The van der Waals surface area contributed by atoms with Crippen molar-refractivity contribution >= 4 is 11.6 Å². The molecule has 0 heterocycles. The van der Waals surface area contributed by atoms with Gasteiger partial charge in [0.1, 0.15) is 5.75 Å². The third kappa shape index (κ3) is 9.69. The van der Waals surface area contributed by atoms with E-state index in [4.69, 9.17) is 10.5 Å². The Morgan fingerprint density at radius 3 is 2.62 bits per heavy atom. The lowest BCUT2D eigenvalue weighted by Gasteiger charge is -2.19. The van der Waals surface area contributed by atoms with Gasteiger partial charge in [0.2, 0.25) is 5.91 Å². The number of unbranched alkanes of at least 4 members (excludes halogenated alkanes) is 3. The molecule has 2 aromatic carbocycles. The Labute approximate surface area is 202 Å². The van der Waals surface area contributed by atoms with Gasteiger partial charge in [-0.3, -0.25) is 4.79 Å². The molecule has 1 atom stereocenters. The molecule has 0 radical (unpaired) electrons. The maximum atomic E-state index is 11.3. The predicted octanol–water partition coefficient (Wildman–Crippen LogP) is 2.71. The van der Waals surface area contributed by atoms with Crippen molar-refractivity contribution in [2.75, 3.05) is 44.8 Å². The van der Waals surface area contributed by atoms with Crippen molar-refractivity contribution in [1.29, 1.82) is 0 Å². The van der Waals surface area contributed by atoms with Crippen molar-refractivity contribution in [3.8, 4) is 5.75 Å². The van der Waals surface area contributed by atoms with E-state index in [9.17, 15) is 20.1 Å².